The molecule has 2 N–H and O–H groups in total. The standard InChI is InChI=1S/C13H19NO2S/c1-3-9-4-6-10(7-5-9)12-11(8-14)13(12)17(2,15)16/h4-7,11-13H,3,8,14H2,1-2H3/t11-,12-,13-/m0/s1. The lowest BCUT2D eigenvalue weighted by Gasteiger charge is -2.01. The van der Waals surface area contributed by atoms with Gasteiger partial charge in [-0.25, -0.2) is 8.42 Å². The van der Waals surface area contributed by atoms with Gasteiger partial charge in [0.25, 0.3) is 0 Å². The van der Waals surface area contributed by atoms with Crippen molar-refractivity contribution in [3.05, 3.63) is 35.4 Å². The molecule has 0 bridgehead atoms. The number of hydrogen-bond acceptors (Lipinski definition) is 3. The van der Waals surface area contributed by atoms with Crippen LogP contribution < -0.4 is 5.73 Å². The highest BCUT2D eigenvalue weighted by Crippen LogP contribution is 2.51. The molecule has 1 saturated carbocycles. The third-order valence-corrected chi connectivity index (χ3v) is 5.27. The predicted octanol–water partition coefficient (Wildman–Crippen LogP) is 1.33. The fourth-order valence-corrected chi connectivity index (χ4v) is 4.34. The van der Waals surface area contributed by atoms with E-state index in [-0.39, 0.29) is 17.1 Å². The van der Waals surface area contributed by atoms with Crippen molar-refractivity contribution in [2.24, 2.45) is 11.7 Å². The average molecular weight is 253 g/mol. The molecule has 0 amide bonds. The molecule has 1 aromatic carbocycles. The summed E-state index contributed by atoms with van der Waals surface area (Å²) in [6.45, 7) is 2.55. The lowest BCUT2D eigenvalue weighted by Crippen LogP contribution is -2.11. The number of nitrogens with two attached hydrogens (primary N) is 1. The molecule has 0 aliphatic heterocycles. The maximum absolute atomic E-state index is 11.6. The zero-order valence-corrected chi connectivity index (χ0v) is 11.1. The van der Waals surface area contributed by atoms with Gasteiger partial charge in [0.15, 0.2) is 9.84 Å². The van der Waals surface area contributed by atoms with Crippen LogP contribution in [0.4, 0.5) is 0 Å². The zero-order valence-electron chi connectivity index (χ0n) is 10.3. The van der Waals surface area contributed by atoms with Crippen LogP contribution in [-0.2, 0) is 16.3 Å². The monoisotopic (exact) mass is 253 g/mol. The summed E-state index contributed by atoms with van der Waals surface area (Å²) in [6, 6.07) is 8.22. The second-order valence-corrected chi connectivity index (χ2v) is 7.02. The topological polar surface area (TPSA) is 60.2 Å². The maximum atomic E-state index is 11.6. The highest BCUT2D eigenvalue weighted by atomic mass is 32.2. The number of rotatable bonds is 4. The van der Waals surface area contributed by atoms with Gasteiger partial charge in [-0.3, -0.25) is 0 Å². The summed E-state index contributed by atoms with van der Waals surface area (Å²) >= 11 is 0. The SMILES string of the molecule is CCc1ccc([C@H]2[C@H](CN)[C@@H]2S(C)(=O)=O)cc1. The summed E-state index contributed by atoms with van der Waals surface area (Å²) in [6.07, 6.45) is 2.31. The Balaban J connectivity index is 2.23. The molecule has 0 aromatic heterocycles. The van der Waals surface area contributed by atoms with Crippen molar-refractivity contribution < 1.29 is 8.42 Å². The minimum atomic E-state index is -2.98. The van der Waals surface area contributed by atoms with Crippen molar-refractivity contribution in [2.75, 3.05) is 12.8 Å². The summed E-state index contributed by atoms with van der Waals surface area (Å²) in [5, 5.41) is -0.278. The summed E-state index contributed by atoms with van der Waals surface area (Å²) in [7, 11) is -2.98. The van der Waals surface area contributed by atoms with Crippen molar-refractivity contribution >= 4 is 9.84 Å². The van der Waals surface area contributed by atoms with E-state index in [1.807, 2.05) is 12.1 Å². The summed E-state index contributed by atoms with van der Waals surface area (Å²) in [5.41, 5.74) is 8.02. The number of hydrogen-bond donors (Lipinski definition) is 1. The van der Waals surface area contributed by atoms with Crippen LogP contribution in [0.2, 0.25) is 0 Å². The Bertz CT molecular complexity index is 493. The van der Waals surface area contributed by atoms with Crippen molar-refractivity contribution in [3.63, 3.8) is 0 Å². The van der Waals surface area contributed by atoms with Gasteiger partial charge >= 0.3 is 0 Å². The fourth-order valence-electron chi connectivity index (χ4n) is 2.62. The van der Waals surface area contributed by atoms with Crippen LogP contribution in [0.25, 0.3) is 0 Å². The van der Waals surface area contributed by atoms with Crippen LogP contribution in [0.5, 0.6) is 0 Å². The van der Waals surface area contributed by atoms with Gasteiger partial charge in [0.05, 0.1) is 5.25 Å². The van der Waals surface area contributed by atoms with Crippen LogP contribution >= 0.6 is 0 Å². The van der Waals surface area contributed by atoms with Gasteiger partial charge in [-0.15, -0.1) is 0 Å². The zero-order chi connectivity index (χ0) is 12.6. The Labute approximate surface area is 103 Å². The molecule has 1 fully saturated rings. The molecule has 1 aromatic rings. The van der Waals surface area contributed by atoms with Crippen molar-refractivity contribution in [3.8, 4) is 0 Å². The van der Waals surface area contributed by atoms with Crippen LogP contribution in [0.3, 0.4) is 0 Å². The number of aryl methyl sites for hydroxylation is 1. The highest BCUT2D eigenvalue weighted by Gasteiger charge is 2.55. The molecule has 0 unspecified atom stereocenters. The number of benzene rings is 1. The fraction of sp³-hybridized carbons (Fsp3) is 0.538. The molecule has 3 atom stereocenters. The van der Waals surface area contributed by atoms with E-state index < -0.39 is 9.84 Å². The molecule has 0 spiro atoms. The minimum absolute atomic E-state index is 0.0949. The smallest absolute Gasteiger partial charge is 0.151 e. The Morgan fingerprint density at radius 2 is 1.82 bits per heavy atom. The Kier molecular flexibility index (Phi) is 3.27. The summed E-state index contributed by atoms with van der Waals surface area (Å²) in [4.78, 5) is 0. The molecular formula is C13H19NO2S. The maximum Gasteiger partial charge on any atom is 0.151 e. The summed E-state index contributed by atoms with van der Waals surface area (Å²) < 4.78 is 23.2. The first-order valence-electron chi connectivity index (χ1n) is 5.96. The van der Waals surface area contributed by atoms with E-state index in [4.69, 9.17) is 5.73 Å². The Hall–Kier alpha value is -0.870. The molecule has 1 aliphatic rings. The van der Waals surface area contributed by atoms with Crippen molar-refractivity contribution in [1.82, 2.24) is 0 Å². The van der Waals surface area contributed by atoms with Crippen molar-refractivity contribution in [1.29, 1.82) is 0 Å². The normalized spacial score (nSPS) is 28.1. The van der Waals surface area contributed by atoms with Crippen LogP contribution in [0.1, 0.15) is 24.0 Å². The first-order chi connectivity index (χ1) is 7.99. The Morgan fingerprint density at radius 3 is 2.18 bits per heavy atom. The van der Waals surface area contributed by atoms with Gasteiger partial charge in [0.1, 0.15) is 0 Å². The molecular weight excluding hydrogens is 234 g/mol. The predicted molar refractivity (Wildman–Crippen MR) is 69.7 cm³/mol. The van der Waals surface area contributed by atoms with E-state index in [1.54, 1.807) is 0 Å². The molecule has 0 radical (unpaired) electrons. The molecule has 0 heterocycles. The summed E-state index contributed by atoms with van der Waals surface area (Å²) in [5.74, 6) is 0.193. The highest BCUT2D eigenvalue weighted by molar-refractivity contribution is 7.91. The van der Waals surface area contributed by atoms with Crippen LogP contribution in [0.15, 0.2) is 24.3 Å². The van der Waals surface area contributed by atoms with Crippen LogP contribution in [-0.4, -0.2) is 26.5 Å². The van der Waals surface area contributed by atoms with E-state index in [9.17, 15) is 8.42 Å². The quantitative estimate of drug-likeness (QED) is 0.880. The van der Waals surface area contributed by atoms with Gasteiger partial charge in [-0.1, -0.05) is 31.2 Å². The molecule has 0 saturated heterocycles. The second kappa shape index (κ2) is 4.42. The first-order valence-corrected chi connectivity index (χ1v) is 7.92. The molecule has 94 valence electrons. The molecule has 4 heteroatoms. The largest absolute Gasteiger partial charge is 0.330 e. The molecule has 3 nitrogen and oxygen atoms in total. The lowest BCUT2D eigenvalue weighted by molar-refractivity contribution is 0.597. The van der Waals surface area contributed by atoms with Crippen LogP contribution in [0, 0.1) is 5.92 Å². The van der Waals surface area contributed by atoms with Gasteiger partial charge in [0, 0.05) is 12.2 Å². The number of sulfone groups is 1. The van der Waals surface area contributed by atoms with E-state index in [0.717, 1.165) is 12.0 Å². The third-order valence-electron chi connectivity index (χ3n) is 3.64. The van der Waals surface area contributed by atoms with E-state index in [0.29, 0.717) is 6.54 Å². The van der Waals surface area contributed by atoms with Gasteiger partial charge in [-0.05, 0) is 30.0 Å². The molecule has 1 aliphatic carbocycles. The first kappa shape index (κ1) is 12.6. The van der Waals surface area contributed by atoms with E-state index in [1.165, 1.54) is 11.8 Å². The van der Waals surface area contributed by atoms with Gasteiger partial charge in [0.2, 0.25) is 0 Å². The minimum Gasteiger partial charge on any atom is -0.330 e. The van der Waals surface area contributed by atoms with Gasteiger partial charge in [-0.2, -0.15) is 0 Å². The van der Waals surface area contributed by atoms with E-state index >= 15 is 0 Å². The third kappa shape index (κ3) is 2.38. The Morgan fingerprint density at radius 1 is 1.24 bits per heavy atom. The molecule has 2 rings (SSSR count). The average Bonchev–Trinajstić information content (AvgIpc) is 3.03. The van der Waals surface area contributed by atoms with E-state index in [2.05, 4.69) is 19.1 Å². The van der Waals surface area contributed by atoms with Gasteiger partial charge < -0.3 is 5.73 Å². The second-order valence-electron chi connectivity index (χ2n) is 4.81. The lowest BCUT2D eigenvalue weighted by atomic mass is 10.1. The molecule has 17 heavy (non-hydrogen) atoms. The van der Waals surface area contributed by atoms with Crippen molar-refractivity contribution in [2.45, 2.75) is 24.5 Å².